The lowest BCUT2D eigenvalue weighted by Crippen LogP contribution is -2.30. The minimum atomic E-state index is 0.0163. The summed E-state index contributed by atoms with van der Waals surface area (Å²) in [7, 11) is 2.17. The van der Waals surface area contributed by atoms with Crippen LogP contribution in [-0.4, -0.2) is 47.6 Å². The largest absolute Gasteiger partial charge is 0.354 e. The van der Waals surface area contributed by atoms with Crippen molar-refractivity contribution in [3.8, 4) is 6.07 Å². The zero-order valence-electron chi connectivity index (χ0n) is 18.9. The van der Waals surface area contributed by atoms with E-state index in [1.54, 1.807) is 18.3 Å². The molecule has 0 bridgehead atoms. The zero-order chi connectivity index (χ0) is 21.7. The van der Waals surface area contributed by atoms with Gasteiger partial charge in [-0.05, 0) is 81.6 Å². The molecule has 0 amide bonds. The summed E-state index contributed by atoms with van der Waals surface area (Å²) in [6.45, 7) is 12.2. The van der Waals surface area contributed by atoms with Crippen LogP contribution in [0.1, 0.15) is 58.1 Å². The standard InChI is InChI=1S/C24H34N6/c1-6-29(5)13-10-24(3,4)20-15-22(27-21-14-19(17-25)9-11-26-21)28-23(16-20)30-12-7-8-18(30)2/h9,11,14-16,18H,6-8,10,12-13H2,1-5H3,(H,26,27,28)/t18-/m1/s1. The molecule has 3 heterocycles. The van der Waals surface area contributed by atoms with E-state index in [4.69, 9.17) is 4.98 Å². The first-order valence-corrected chi connectivity index (χ1v) is 10.9. The van der Waals surface area contributed by atoms with E-state index >= 15 is 0 Å². The van der Waals surface area contributed by atoms with Gasteiger partial charge in [0.15, 0.2) is 0 Å². The van der Waals surface area contributed by atoms with Gasteiger partial charge in [0.1, 0.15) is 17.5 Å². The van der Waals surface area contributed by atoms with E-state index in [0.717, 1.165) is 37.7 Å². The summed E-state index contributed by atoms with van der Waals surface area (Å²) in [5.74, 6) is 2.44. The van der Waals surface area contributed by atoms with Crippen LogP contribution < -0.4 is 10.2 Å². The third kappa shape index (κ3) is 5.28. The van der Waals surface area contributed by atoms with E-state index in [2.05, 4.69) is 73.0 Å². The van der Waals surface area contributed by atoms with Crippen molar-refractivity contribution in [1.29, 1.82) is 5.26 Å². The molecule has 2 aromatic rings. The summed E-state index contributed by atoms with van der Waals surface area (Å²) in [4.78, 5) is 14.0. The first kappa shape index (κ1) is 22.0. The van der Waals surface area contributed by atoms with Crippen molar-refractivity contribution in [3.63, 3.8) is 0 Å². The molecule has 3 rings (SSSR count). The molecule has 160 valence electrons. The highest BCUT2D eigenvalue weighted by Gasteiger charge is 2.27. The molecule has 1 N–H and O–H groups in total. The van der Waals surface area contributed by atoms with Gasteiger partial charge in [-0.15, -0.1) is 0 Å². The predicted octanol–water partition coefficient (Wildman–Crippen LogP) is 4.70. The monoisotopic (exact) mass is 406 g/mol. The smallest absolute Gasteiger partial charge is 0.134 e. The van der Waals surface area contributed by atoms with Gasteiger partial charge in [0, 0.05) is 18.8 Å². The summed E-state index contributed by atoms with van der Waals surface area (Å²) in [5, 5.41) is 12.5. The van der Waals surface area contributed by atoms with Crippen molar-refractivity contribution >= 4 is 17.5 Å². The van der Waals surface area contributed by atoms with E-state index in [0.29, 0.717) is 17.4 Å². The number of hydrogen-bond donors (Lipinski definition) is 1. The van der Waals surface area contributed by atoms with E-state index in [-0.39, 0.29) is 5.41 Å². The fourth-order valence-corrected chi connectivity index (χ4v) is 3.86. The maximum Gasteiger partial charge on any atom is 0.134 e. The Morgan fingerprint density at radius 3 is 2.77 bits per heavy atom. The van der Waals surface area contributed by atoms with Gasteiger partial charge >= 0.3 is 0 Å². The Hall–Kier alpha value is -2.65. The quantitative estimate of drug-likeness (QED) is 0.685. The second-order valence-electron chi connectivity index (χ2n) is 8.98. The number of anilines is 3. The van der Waals surface area contributed by atoms with Crippen LogP contribution in [0.3, 0.4) is 0 Å². The molecule has 1 aliphatic rings. The third-order valence-corrected chi connectivity index (χ3v) is 6.24. The number of pyridine rings is 2. The van der Waals surface area contributed by atoms with Gasteiger partial charge < -0.3 is 15.1 Å². The number of hydrogen-bond acceptors (Lipinski definition) is 6. The molecule has 1 atom stereocenters. The van der Waals surface area contributed by atoms with Gasteiger partial charge in [0.2, 0.25) is 0 Å². The van der Waals surface area contributed by atoms with E-state index in [1.165, 1.54) is 18.4 Å². The molecule has 2 aromatic heterocycles. The second kappa shape index (κ2) is 9.44. The van der Waals surface area contributed by atoms with Crippen LogP contribution in [0, 0.1) is 11.3 Å². The Labute approximate surface area is 180 Å². The van der Waals surface area contributed by atoms with Gasteiger partial charge in [-0.25, -0.2) is 9.97 Å². The molecule has 0 aliphatic carbocycles. The fourth-order valence-electron chi connectivity index (χ4n) is 3.86. The molecule has 0 radical (unpaired) electrons. The number of aromatic nitrogens is 2. The summed E-state index contributed by atoms with van der Waals surface area (Å²) in [6, 6.07) is 10.5. The Kier molecular flexibility index (Phi) is 6.94. The van der Waals surface area contributed by atoms with E-state index < -0.39 is 0 Å². The number of rotatable bonds is 8. The van der Waals surface area contributed by atoms with Crippen molar-refractivity contribution in [3.05, 3.63) is 41.6 Å². The topological polar surface area (TPSA) is 68.1 Å². The zero-order valence-corrected chi connectivity index (χ0v) is 18.9. The first-order valence-electron chi connectivity index (χ1n) is 10.9. The Bertz CT molecular complexity index is 901. The van der Waals surface area contributed by atoms with Crippen LogP contribution in [0.15, 0.2) is 30.5 Å². The Balaban J connectivity index is 1.95. The molecular weight excluding hydrogens is 372 g/mol. The van der Waals surface area contributed by atoms with Crippen molar-refractivity contribution in [2.24, 2.45) is 0 Å². The highest BCUT2D eigenvalue weighted by atomic mass is 15.2. The lowest BCUT2D eigenvalue weighted by Gasteiger charge is -2.30. The van der Waals surface area contributed by atoms with Crippen molar-refractivity contribution in [2.75, 3.05) is 36.9 Å². The molecule has 6 nitrogen and oxygen atoms in total. The van der Waals surface area contributed by atoms with Crippen LogP contribution in [0.4, 0.5) is 17.5 Å². The molecule has 6 heteroatoms. The molecule has 0 saturated carbocycles. The first-order chi connectivity index (χ1) is 14.3. The molecule has 1 aliphatic heterocycles. The van der Waals surface area contributed by atoms with Crippen LogP contribution >= 0.6 is 0 Å². The molecule has 0 unspecified atom stereocenters. The summed E-state index contributed by atoms with van der Waals surface area (Å²) in [5.41, 5.74) is 1.87. The van der Waals surface area contributed by atoms with Crippen LogP contribution in [0.5, 0.6) is 0 Å². The molecular formula is C24H34N6. The Morgan fingerprint density at radius 1 is 1.30 bits per heavy atom. The van der Waals surface area contributed by atoms with Crippen LogP contribution in [0.25, 0.3) is 0 Å². The third-order valence-electron chi connectivity index (χ3n) is 6.24. The predicted molar refractivity (Wildman–Crippen MR) is 123 cm³/mol. The Morgan fingerprint density at radius 2 is 2.10 bits per heavy atom. The van der Waals surface area contributed by atoms with Crippen LogP contribution in [0.2, 0.25) is 0 Å². The lowest BCUT2D eigenvalue weighted by molar-refractivity contribution is 0.307. The van der Waals surface area contributed by atoms with E-state index in [9.17, 15) is 5.26 Å². The van der Waals surface area contributed by atoms with Gasteiger partial charge in [0.05, 0.1) is 11.6 Å². The summed E-state index contributed by atoms with van der Waals surface area (Å²) < 4.78 is 0. The van der Waals surface area contributed by atoms with Crippen molar-refractivity contribution < 1.29 is 0 Å². The van der Waals surface area contributed by atoms with Crippen LogP contribution in [-0.2, 0) is 5.41 Å². The molecule has 0 aromatic carbocycles. The highest BCUT2D eigenvalue weighted by molar-refractivity contribution is 5.59. The molecule has 30 heavy (non-hydrogen) atoms. The summed E-state index contributed by atoms with van der Waals surface area (Å²) >= 11 is 0. The highest BCUT2D eigenvalue weighted by Crippen LogP contribution is 2.34. The molecule has 1 fully saturated rings. The second-order valence-corrected chi connectivity index (χ2v) is 8.98. The lowest BCUT2D eigenvalue weighted by atomic mass is 9.81. The normalized spacial score (nSPS) is 16.7. The average Bonchev–Trinajstić information content (AvgIpc) is 3.17. The van der Waals surface area contributed by atoms with Gasteiger partial charge in [-0.2, -0.15) is 5.26 Å². The molecule has 0 spiro atoms. The average molecular weight is 407 g/mol. The SMILES string of the molecule is CCN(C)CCC(C)(C)c1cc(Nc2cc(C#N)ccn2)nc(N2CCC[C@H]2C)c1. The van der Waals surface area contributed by atoms with Crippen molar-refractivity contribution in [2.45, 2.75) is 58.4 Å². The number of nitrogens with one attached hydrogen (secondary N) is 1. The van der Waals surface area contributed by atoms with Gasteiger partial charge in [-0.1, -0.05) is 20.8 Å². The number of nitrogens with zero attached hydrogens (tertiary/aromatic N) is 5. The summed E-state index contributed by atoms with van der Waals surface area (Å²) in [6.07, 6.45) is 5.12. The minimum Gasteiger partial charge on any atom is -0.354 e. The minimum absolute atomic E-state index is 0.0163. The maximum atomic E-state index is 9.19. The maximum absolute atomic E-state index is 9.19. The molecule has 1 saturated heterocycles. The van der Waals surface area contributed by atoms with Gasteiger partial charge in [-0.3, -0.25) is 0 Å². The fraction of sp³-hybridized carbons (Fsp3) is 0.542. The van der Waals surface area contributed by atoms with E-state index in [1.807, 2.05) is 0 Å². The van der Waals surface area contributed by atoms with Gasteiger partial charge in [0.25, 0.3) is 0 Å². The van der Waals surface area contributed by atoms with Crippen molar-refractivity contribution in [1.82, 2.24) is 14.9 Å². The number of nitriles is 1.